The number of benzene rings is 1. The van der Waals surface area contributed by atoms with Crippen LogP contribution in [0, 0.1) is 5.41 Å². The summed E-state index contributed by atoms with van der Waals surface area (Å²) in [5.74, 6) is 0.711. The summed E-state index contributed by atoms with van der Waals surface area (Å²) >= 11 is 0. The first-order valence-electron chi connectivity index (χ1n) is 5.83. The minimum Gasteiger partial charge on any atom is -0.497 e. The molecule has 1 fully saturated rings. The average Bonchev–Trinajstić information content (AvgIpc) is 2.37. The summed E-state index contributed by atoms with van der Waals surface area (Å²) < 4.78 is 10.3. The molecule has 0 unspecified atom stereocenters. The maximum atomic E-state index is 12.4. The fourth-order valence-electron chi connectivity index (χ4n) is 1.97. The maximum Gasteiger partial charge on any atom is 0.238 e. The zero-order valence-corrected chi connectivity index (χ0v) is 10.7. The molecule has 1 amide bonds. The van der Waals surface area contributed by atoms with Crippen molar-refractivity contribution in [2.45, 2.75) is 0 Å². The van der Waals surface area contributed by atoms with Crippen LogP contribution in [0.3, 0.4) is 0 Å². The molecule has 0 spiro atoms. The van der Waals surface area contributed by atoms with E-state index in [1.165, 1.54) is 0 Å². The molecule has 0 saturated carbocycles. The number of carbonyl (C=O) groups is 1. The second kappa shape index (κ2) is 4.96. The zero-order chi connectivity index (χ0) is 13.2. The van der Waals surface area contributed by atoms with Crippen molar-refractivity contribution in [2.24, 2.45) is 11.1 Å². The maximum absolute atomic E-state index is 12.4. The predicted octanol–water partition coefficient (Wildman–Crippen LogP) is 0.633. The van der Waals surface area contributed by atoms with E-state index >= 15 is 0 Å². The summed E-state index contributed by atoms with van der Waals surface area (Å²) in [5, 5.41) is 0. The van der Waals surface area contributed by atoms with Gasteiger partial charge in [0.15, 0.2) is 0 Å². The standard InChI is InChI=1S/C13H18N2O3/c1-15(10-4-3-5-11(6-10)17-2)12(16)13(7-14)8-18-9-13/h3-6H,7-9,14H2,1-2H3. The first kappa shape index (κ1) is 12.9. The lowest BCUT2D eigenvalue weighted by Gasteiger charge is -2.41. The smallest absolute Gasteiger partial charge is 0.238 e. The first-order valence-corrected chi connectivity index (χ1v) is 5.83. The third kappa shape index (κ3) is 2.07. The second-order valence-corrected chi connectivity index (χ2v) is 4.54. The second-order valence-electron chi connectivity index (χ2n) is 4.54. The largest absolute Gasteiger partial charge is 0.497 e. The van der Waals surface area contributed by atoms with E-state index in [9.17, 15) is 4.79 Å². The van der Waals surface area contributed by atoms with Crippen LogP contribution in [-0.2, 0) is 9.53 Å². The van der Waals surface area contributed by atoms with Crippen LogP contribution in [0.25, 0.3) is 0 Å². The molecular weight excluding hydrogens is 232 g/mol. The number of ether oxygens (including phenoxy) is 2. The van der Waals surface area contributed by atoms with Gasteiger partial charge in [-0.2, -0.15) is 0 Å². The number of amides is 1. The lowest BCUT2D eigenvalue weighted by atomic mass is 9.84. The molecule has 2 rings (SSSR count). The summed E-state index contributed by atoms with van der Waals surface area (Å²) in [4.78, 5) is 14.0. The Morgan fingerprint density at radius 1 is 1.56 bits per heavy atom. The van der Waals surface area contributed by atoms with Crippen molar-refractivity contribution >= 4 is 11.6 Å². The number of carbonyl (C=O) groups excluding carboxylic acids is 1. The topological polar surface area (TPSA) is 64.8 Å². The van der Waals surface area contributed by atoms with Crippen LogP contribution in [-0.4, -0.2) is 39.8 Å². The highest BCUT2D eigenvalue weighted by Crippen LogP contribution is 2.31. The van der Waals surface area contributed by atoms with Crippen LogP contribution in [0.5, 0.6) is 5.75 Å². The van der Waals surface area contributed by atoms with Crippen LogP contribution < -0.4 is 15.4 Å². The molecule has 1 aromatic rings. The highest BCUT2D eigenvalue weighted by atomic mass is 16.5. The molecule has 1 heterocycles. The zero-order valence-electron chi connectivity index (χ0n) is 10.7. The van der Waals surface area contributed by atoms with Crippen LogP contribution >= 0.6 is 0 Å². The van der Waals surface area contributed by atoms with E-state index in [0.717, 1.165) is 11.4 Å². The number of hydrogen-bond acceptors (Lipinski definition) is 4. The number of nitrogens with zero attached hydrogens (tertiary/aromatic N) is 1. The van der Waals surface area contributed by atoms with Gasteiger partial charge in [0.2, 0.25) is 5.91 Å². The SMILES string of the molecule is COc1cccc(N(C)C(=O)C2(CN)COC2)c1. The number of nitrogens with two attached hydrogens (primary N) is 1. The van der Waals surface area contributed by atoms with Gasteiger partial charge in [-0.05, 0) is 12.1 Å². The molecule has 0 aromatic heterocycles. The molecule has 1 aliphatic heterocycles. The fourth-order valence-corrected chi connectivity index (χ4v) is 1.97. The molecule has 18 heavy (non-hydrogen) atoms. The van der Waals surface area contributed by atoms with Gasteiger partial charge in [0.1, 0.15) is 11.2 Å². The van der Waals surface area contributed by atoms with Crippen molar-refractivity contribution in [3.05, 3.63) is 24.3 Å². The minimum atomic E-state index is -0.558. The molecule has 1 saturated heterocycles. The Kier molecular flexibility index (Phi) is 3.54. The lowest BCUT2D eigenvalue weighted by Crippen LogP contribution is -2.58. The number of methoxy groups -OCH3 is 1. The van der Waals surface area contributed by atoms with Gasteiger partial charge in [0.05, 0.1) is 20.3 Å². The third-order valence-electron chi connectivity index (χ3n) is 3.35. The highest BCUT2D eigenvalue weighted by Gasteiger charge is 2.46. The molecule has 5 heteroatoms. The summed E-state index contributed by atoms with van der Waals surface area (Å²) in [6.07, 6.45) is 0. The Morgan fingerprint density at radius 3 is 2.78 bits per heavy atom. The van der Waals surface area contributed by atoms with Crippen molar-refractivity contribution in [1.82, 2.24) is 0 Å². The predicted molar refractivity (Wildman–Crippen MR) is 68.7 cm³/mol. The van der Waals surface area contributed by atoms with E-state index in [-0.39, 0.29) is 5.91 Å². The number of anilines is 1. The quantitative estimate of drug-likeness (QED) is 0.851. The Labute approximate surface area is 106 Å². The van der Waals surface area contributed by atoms with Crippen LogP contribution in [0.15, 0.2) is 24.3 Å². The van der Waals surface area contributed by atoms with E-state index in [0.29, 0.717) is 19.8 Å². The van der Waals surface area contributed by atoms with Crippen molar-refractivity contribution in [2.75, 3.05) is 38.8 Å². The van der Waals surface area contributed by atoms with E-state index in [1.807, 2.05) is 24.3 Å². The third-order valence-corrected chi connectivity index (χ3v) is 3.35. The molecular formula is C13H18N2O3. The Bertz CT molecular complexity index is 438. The minimum absolute atomic E-state index is 0.00972. The van der Waals surface area contributed by atoms with E-state index in [1.54, 1.807) is 19.1 Å². The molecule has 1 aliphatic rings. The molecule has 0 atom stereocenters. The molecule has 0 bridgehead atoms. The lowest BCUT2D eigenvalue weighted by molar-refractivity contribution is -0.156. The Morgan fingerprint density at radius 2 is 2.28 bits per heavy atom. The molecule has 0 radical (unpaired) electrons. The van der Waals surface area contributed by atoms with Gasteiger partial charge in [0.25, 0.3) is 0 Å². The normalized spacial score (nSPS) is 16.8. The summed E-state index contributed by atoms with van der Waals surface area (Å²) in [7, 11) is 3.34. The average molecular weight is 250 g/mol. The molecule has 2 N–H and O–H groups in total. The summed E-state index contributed by atoms with van der Waals surface area (Å²) in [6, 6.07) is 7.38. The van der Waals surface area contributed by atoms with Crippen molar-refractivity contribution < 1.29 is 14.3 Å². The van der Waals surface area contributed by atoms with Crippen molar-refractivity contribution in [3.8, 4) is 5.75 Å². The molecule has 0 aliphatic carbocycles. The van der Waals surface area contributed by atoms with E-state index in [4.69, 9.17) is 15.2 Å². The molecule has 98 valence electrons. The van der Waals surface area contributed by atoms with Crippen LogP contribution in [0.2, 0.25) is 0 Å². The Hall–Kier alpha value is -1.59. The van der Waals surface area contributed by atoms with Crippen LogP contribution in [0.4, 0.5) is 5.69 Å². The summed E-state index contributed by atoms with van der Waals surface area (Å²) in [6.45, 7) is 1.10. The fraction of sp³-hybridized carbons (Fsp3) is 0.462. The van der Waals surface area contributed by atoms with Gasteiger partial charge in [-0.15, -0.1) is 0 Å². The van der Waals surface area contributed by atoms with Crippen molar-refractivity contribution in [1.29, 1.82) is 0 Å². The number of rotatable bonds is 4. The molecule has 5 nitrogen and oxygen atoms in total. The van der Waals surface area contributed by atoms with Gasteiger partial charge < -0.3 is 20.1 Å². The number of hydrogen-bond donors (Lipinski definition) is 1. The van der Waals surface area contributed by atoms with Gasteiger partial charge >= 0.3 is 0 Å². The van der Waals surface area contributed by atoms with Gasteiger partial charge in [-0.25, -0.2) is 0 Å². The van der Waals surface area contributed by atoms with E-state index in [2.05, 4.69) is 0 Å². The Balaban J connectivity index is 2.19. The van der Waals surface area contributed by atoms with Gasteiger partial charge in [0, 0.05) is 25.3 Å². The van der Waals surface area contributed by atoms with Gasteiger partial charge in [-0.1, -0.05) is 6.07 Å². The monoisotopic (exact) mass is 250 g/mol. The van der Waals surface area contributed by atoms with Crippen molar-refractivity contribution in [3.63, 3.8) is 0 Å². The van der Waals surface area contributed by atoms with Gasteiger partial charge in [-0.3, -0.25) is 4.79 Å². The molecule has 1 aromatic carbocycles. The summed E-state index contributed by atoms with van der Waals surface area (Å²) in [5.41, 5.74) is 5.92. The van der Waals surface area contributed by atoms with Crippen LogP contribution in [0.1, 0.15) is 0 Å². The highest BCUT2D eigenvalue weighted by molar-refractivity contribution is 5.98. The first-order chi connectivity index (χ1) is 8.63. The van der Waals surface area contributed by atoms with E-state index < -0.39 is 5.41 Å².